The number of anilines is 1. The van der Waals surface area contributed by atoms with E-state index in [0.717, 1.165) is 17.0 Å². The van der Waals surface area contributed by atoms with Crippen LogP contribution in [0.3, 0.4) is 0 Å². The van der Waals surface area contributed by atoms with Crippen LogP contribution in [0.1, 0.15) is 22.3 Å². The zero-order valence-electron chi connectivity index (χ0n) is 23.6. The Labute approximate surface area is 261 Å². The molecule has 6 N–H and O–H groups in total. The van der Waals surface area contributed by atoms with Gasteiger partial charge >= 0.3 is 0 Å². The number of allylic oxidation sites excluding steroid dienone is 2. The minimum atomic E-state index is -0.552. The minimum Gasteiger partial charge on any atom is -0.491 e. The second kappa shape index (κ2) is 16.4. The number of nitrogens with one attached hydrogen (secondary N) is 2. The van der Waals surface area contributed by atoms with Crippen molar-refractivity contribution < 1.29 is 14.3 Å². The third-order valence-electron chi connectivity index (χ3n) is 6.61. The molecule has 2 amide bonds. The number of thioether (sulfide) groups is 1. The van der Waals surface area contributed by atoms with E-state index in [1.165, 1.54) is 17.8 Å². The van der Waals surface area contributed by atoms with Crippen LogP contribution in [-0.4, -0.2) is 53.2 Å². The van der Waals surface area contributed by atoms with E-state index < -0.39 is 5.91 Å². The Hall–Kier alpha value is -4.25. The third-order valence-corrected chi connectivity index (χ3v) is 8.23. The summed E-state index contributed by atoms with van der Waals surface area (Å²) in [6.07, 6.45) is 9.93. The third kappa shape index (κ3) is 9.64. The van der Waals surface area contributed by atoms with Gasteiger partial charge in [0.25, 0.3) is 5.91 Å². The van der Waals surface area contributed by atoms with Crippen molar-refractivity contribution in [1.29, 1.82) is 0 Å². The Kier molecular flexibility index (Phi) is 12.1. The number of amides is 2. The maximum Gasteiger partial charge on any atom is 0.252 e. The molecule has 2 heterocycles. The standard InChI is InChI=1S/C32H35ClN6O3S/c33-26-9-4-5-10-29(26)43-22-25-12-14-28(42-20-17-23-7-2-1-3-8-23)27(13-15-30(34)40)39(25)19-6-18-36-32(41)24-11-16-31(38-35)37-21-24/h1-5,7-16,21,25H,6,17-20,22,35H2,(H2,34,40)(H,36,41)(H,37,38). The number of aromatic nitrogens is 1. The molecule has 0 fully saturated rings. The van der Waals surface area contributed by atoms with Crippen LogP contribution in [0.2, 0.25) is 5.02 Å². The van der Waals surface area contributed by atoms with Crippen LogP contribution in [0, 0.1) is 0 Å². The van der Waals surface area contributed by atoms with Gasteiger partial charge in [-0.1, -0.05) is 60.1 Å². The van der Waals surface area contributed by atoms with Crippen molar-refractivity contribution in [2.24, 2.45) is 11.6 Å². The van der Waals surface area contributed by atoms with E-state index in [9.17, 15) is 9.59 Å². The molecular formula is C32H35ClN6O3S. The number of primary amides is 1. The Morgan fingerprint density at radius 3 is 2.60 bits per heavy atom. The first kappa shape index (κ1) is 31.7. The number of rotatable bonds is 15. The molecule has 1 aliphatic heterocycles. The van der Waals surface area contributed by atoms with Crippen molar-refractivity contribution in [1.82, 2.24) is 15.2 Å². The number of hydrogen-bond donors (Lipinski definition) is 4. The van der Waals surface area contributed by atoms with Gasteiger partial charge in [0.15, 0.2) is 0 Å². The summed E-state index contributed by atoms with van der Waals surface area (Å²) in [5, 5.41) is 3.64. The highest BCUT2D eigenvalue weighted by molar-refractivity contribution is 7.99. The highest BCUT2D eigenvalue weighted by Crippen LogP contribution is 2.31. The lowest BCUT2D eigenvalue weighted by Crippen LogP contribution is -2.39. The minimum absolute atomic E-state index is 0.0357. The van der Waals surface area contributed by atoms with Crippen LogP contribution in [0.4, 0.5) is 5.82 Å². The van der Waals surface area contributed by atoms with Crippen LogP contribution in [0.5, 0.6) is 0 Å². The number of nitrogens with zero attached hydrogens (tertiary/aromatic N) is 2. The Morgan fingerprint density at radius 1 is 1.09 bits per heavy atom. The molecule has 1 aromatic heterocycles. The van der Waals surface area contributed by atoms with Crippen molar-refractivity contribution in [3.05, 3.63) is 125 Å². The molecule has 0 aliphatic carbocycles. The summed E-state index contributed by atoms with van der Waals surface area (Å²) in [6.45, 7) is 1.47. The monoisotopic (exact) mass is 618 g/mol. The smallest absolute Gasteiger partial charge is 0.252 e. The van der Waals surface area contributed by atoms with Crippen LogP contribution < -0.4 is 22.3 Å². The Morgan fingerprint density at radius 2 is 1.88 bits per heavy atom. The summed E-state index contributed by atoms with van der Waals surface area (Å²) in [7, 11) is 0. The number of carbonyl (C=O) groups is 2. The van der Waals surface area contributed by atoms with Crippen molar-refractivity contribution in [2.45, 2.75) is 23.8 Å². The fourth-order valence-electron chi connectivity index (χ4n) is 4.43. The van der Waals surface area contributed by atoms with E-state index in [2.05, 4.69) is 38.8 Å². The van der Waals surface area contributed by atoms with Crippen molar-refractivity contribution in [3.63, 3.8) is 0 Å². The molecule has 9 nitrogen and oxygen atoms in total. The summed E-state index contributed by atoms with van der Waals surface area (Å²) in [6, 6.07) is 21.1. The zero-order chi connectivity index (χ0) is 30.4. The number of nitrogen functional groups attached to an aromatic ring is 1. The van der Waals surface area contributed by atoms with Crippen LogP contribution in [-0.2, 0) is 16.0 Å². The molecule has 1 aliphatic rings. The molecule has 0 spiro atoms. The molecule has 0 bridgehead atoms. The van der Waals surface area contributed by atoms with E-state index in [1.54, 1.807) is 30.0 Å². The highest BCUT2D eigenvalue weighted by atomic mass is 35.5. The van der Waals surface area contributed by atoms with Gasteiger partial charge in [-0.05, 0) is 48.4 Å². The summed E-state index contributed by atoms with van der Waals surface area (Å²) in [5.74, 6) is 6.40. The van der Waals surface area contributed by atoms with Crippen LogP contribution in [0.15, 0.2) is 114 Å². The van der Waals surface area contributed by atoms with E-state index in [1.807, 2.05) is 48.5 Å². The SMILES string of the molecule is NNc1ccc(C(=O)NCCCN2C(C=CC(N)=O)=C(OCCc3ccccc3)C=CC2CSc2ccccc2Cl)cn1. The Bertz CT molecular complexity index is 1460. The number of hydrazine groups is 1. The van der Waals surface area contributed by atoms with Crippen LogP contribution >= 0.6 is 23.4 Å². The van der Waals surface area contributed by atoms with Gasteiger partial charge in [0, 0.05) is 42.4 Å². The predicted octanol–water partition coefficient (Wildman–Crippen LogP) is 4.69. The van der Waals surface area contributed by atoms with Crippen molar-refractivity contribution in [3.8, 4) is 0 Å². The van der Waals surface area contributed by atoms with Gasteiger partial charge in [-0.2, -0.15) is 0 Å². The first-order valence-corrected chi connectivity index (χ1v) is 15.2. The fourth-order valence-corrected chi connectivity index (χ4v) is 5.75. The Balaban J connectivity index is 1.48. The molecule has 1 atom stereocenters. The average Bonchev–Trinajstić information content (AvgIpc) is 3.03. The normalized spacial score (nSPS) is 14.7. The van der Waals surface area contributed by atoms with Gasteiger partial charge in [-0.25, -0.2) is 10.8 Å². The first-order valence-electron chi connectivity index (χ1n) is 13.9. The summed E-state index contributed by atoms with van der Waals surface area (Å²) >= 11 is 8.07. The number of carbonyl (C=O) groups excluding carboxylic acids is 2. The summed E-state index contributed by atoms with van der Waals surface area (Å²) < 4.78 is 6.24. The molecule has 0 saturated heterocycles. The predicted molar refractivity (Wildman–Crippen MR) is 172 cm³/mol. The van der Waals surface area contributed by atoms with Gasteiger partial charge in [0.2, 0.25) is 5.91 Å². The quantitative estimate of drug-likeness (QED) is 0.0634. The maximum absolute atomic E-state index is 12.6. The number of pyridine rings is 1. The average molecular weight is 619 g/mol. The molecule has 3 aromatic rings. The van der Waals surface area contributed by atoms with Gasteiger partial charge in [-0.15, -0.1) is 11.8 Å². The zero-order valence-corrected chi connectivity index (χ0v) is 25.2. The lowest BCUT2D eigenvalue weighted by molar-refractivity contribution is -0.113. The molecule has 2 aromatic carbocycles. The summed E-state index contributed by atoms with van der Waals surface area (Å²) in [5.41, 5.74) is 10.3. The molecule has 224 valence electrons. The van der Waals surface area contributed by atoms with Gasteiger partial charge in [0.05, 0.1) is 28.9 Å². The molecule has 11 heteroatoms. The second-order valence-corrected chi connectivity index (χ2v) is 11.1. The fraction of sp³-hybridized carbons (Fsp3) is 0.219. The number of halogens is 1. The van der Waals surface area contributed by atoms with Gasteiger partial charge < -0.3 is 26.1 Å². The van der Waals surface area contributed by atoms with E-state index in [-0.39, 0.29) is 11.9 Å². The number of benzene rings is 2. The van der Waals surface area contributed by atoms with Crippen molar-refractivity contribution >= 4 is 41.0 Å². The largest absolute Gasteiger partial charge is 0.491 e. The number of hydrogen-bond acceptors (Lipinski definition) is 8. The van der Waals surface area contributed by atoms with Crippen LogP contribution in [0.25, 0.3) is 0 Å². The van der Waals surface area contributed by atoms with Gasteiger partial charge in [-0.3, -0.25) is 9.59 Å². The van der Waals surface area contributed by atoms with Crippen molar-refractivity contribution in [2.75, 3.05) is 30.9 Å². The van der Waals surface area contributed by atoms with E-state index >= 15 is 0 Å². The molecule has 0 saturated carbocycles. The lowest BCUT2D eigenvalue weighted by Gasteiger charge is -2.36. The molecule has 0 radical (unpaired) electrons. The van der Waals surface area contributed by atoms with E-state index in [4.69, 9.17) is 27.9 Å². The van der Waals surface area contributed by atoms with Gasteiger partial charge in [0.1, 0.15) is 11.6 Å². The molecule has 43 heavy (non-hydrogen) atoms. The highest BCUT2D eigenvalue weighted by Gasteiger charge is 2.25. The topological polar surface area (TPSA) is 136 Å². The lowest BCUT2D eigenvalue weighted by atomic mass is 10.1. The second-order valence-electron chi connectivity index (χ2n) is 9.62. The maximum atomic E-state index is 12.6. The van der Waals surface area contributed by atoms with E-state index in [0.29, 0.717) is 54.0 Å². The first-order chi connectivity index (χ1) is 20.9. The molecular weight excluding hydrogens is 584 g/mol. The molecule has 4 rings (SSSR count). The molecule has 1 unspecified atom stereocenters. The summed E-state index contributed by atoms with van der Waals surface area (Å²) in [4.78, 5) is 31.6. The number of ether oxygens (including phenoxy) is 1. The number of nitrogens with two attached hydrogens (primary N) is 2.